The molecule has 0 bridgehead atoms. The Morgan fingerprint density at radius 3 is 2.89 bits per heavy atom. The third kappa shape index (κ3) is 4.24. The fourth-order valence-electron chi connectivity index (χ4n) is 2.90. The van der Waals surface area contributed by atoms with Crippen LogP contribution in [0.4, 0.5) is 5.69 Å². The number of likely N-dealkylation sites (tertiary alicyclic amines) is 1. The quantitative estimate of drug-likeness (QED) is 0.857. The highest BCUT2D eigenvalue weighted by Crippen LogP contribution is 2.20. The molecular formula is C17H28N2. The van der Waals surface area contributed by atoms with Gasteiger partial charge in [0.1, 0.15) is 0 Å². The Morgan fingerprint density at radius 1 is 1.32 bits per heavy atom. The lowest BCUT2D eigenvalue weighted by Crippen LogP contribution is -2.37. The van der Waals surface area contributed by atoms with Crippen molar-refractivity contribution in [3.05, 3.63) is 29.8 Å². The van der Waals surface area contributed by atoms with E-state index < -0.39 is 0 Å². The molecule has 1 N–H and O–H groups in total. The summed E-state index contributed by atoms with van der Waals surface area (Å²) < 4.78 is 0. The monoisotopic (exact) mass is 260 g/mol. The van der Waals surface area contributed by atoms with Gasteiger partial charge in [-0.2, -0.15) is 0 Å². The number of hydrogen-bond donors (Lipinski definition) is 1. The molecule has 0 radical (unpaired) electrons. The van der Waals surface area contributed by atoms with Gasteiger partial charge in [-0.05, 0) is 56.5 Å². The van der Waals surface area contributed by atoms with Crippen LogP contribution in [0.5, 0.6) is 0 Å². The van der Waals surface area contributed by atoms with Gasteiger partial charge in [-0.15, -0.1) is 0 Å². The molecule has 1 aliphatic rings. The Kier molecular flexibility index (Phi) is 5.26. The van der Waals surface area contributed by atoms with Gasteiger partial charge in [0.2, 0.25) is 0 Å². The van der Waals surface area contributed by atoms with Gasteiger partial charge in [-0.3, -0.25) is 0 Å². The number of benzene rings is 1. The maximum Gasteiger partial charge on any atom is 0.0343 e. The summed E-state index contributed by atoms with van der Waals surface area (Å²) >= 11 is 0. The van der Waals surface area contributed by atoms with E-state index in [0.29, 0.717) is 5.92 Å². The van der Waals surface area contributed by atoms with E-state index >= 15 is 0 Å². The first-order valence-electron chi connectivity index (χ1n) is 7.71. The molecule has 0 spiro atoms. The maximum atomic E-state index is 3.58. The molecule has 1 fully saturated rings. The molecule has 0 saturated carbocycles. The molecule has 0 amide bonds. The molecule has 1 heterocycles. The first kappa shape index (κ1) is 14.4. The molecule has 2 rings (SSSR count). The summed E-state index contributed by atoms with van der Waals surface area (Å²) in [5.74, 6) is 0.603. The van der Waals surface area contributed by atoms with Crippen LogP contribution in [0.3, 0.4) is 0 Å². The van der Waals surface area contributed by atoms with Gasteiger partial charge < -0.3 is 10.2 Å². The number of nitrogens with one attached hydrogen (secondary N) is 1. The number of rotatable bonds is 5. The highest BCUT2D eigenvalue weighted by molar-refractivity contribution is 5.46. The standard InChI is InChI=1S/C17H28N2/c1-14(2)15-7-6-8-16(13-15)18-11-10-17-9-4-5-12-19(17)3/h6-8,13-14,17-18H,4-5,9-12H2,1-3H3. The minimum atomic E-state index is 0.603. The molecule has 1 unspecified atom stereocenters. The highest BCUT2D eigenvalue weighted by atomic mass is 15.1. The minimum absolute atomic E-state index is 0.603. The van der Waals surface area contributed by atoms with E-state index in [1.54, 1.807) is 0 Å². The van der Waals surface area contributed by atoms with Crippen molar-refractivity contribution in [2.45, 2.75) is 51.5 Å². The summed E-state index contributed by atoms with van der Waals surface area (Å²) in [7, 11) is 2.27. The second kappa shape index (κ2) is 6.95. The van der Waals surface area contributed by atoms with Crippen molar-refractivity contribution in [1.29, 1.82) is 0 Å². The van der Waals surface area contributed by atoms with E-state index in [-0.39, 0.29) is 0 Å². The SMILES string of the molecule is CC(C)c1cccc(NCCC2CCCCN2C)c1. The second-order valence-electron chi connectivity index (χ2n) is 6.13. The zero-order valence-electron chi connectivity index (χ0n) is 12.7. The van der Waals surface area contributed by atoms with E-state index in [2.05, 4.69) is 55.4 Å². The van der Waals surface area contributed by atoms with Gasteiger partial charge in [-0.1, -0.05) is 32.4 Å². The topological polar surface area (TPSA) is 15.3 Å². The van der Waals surface area contributed by atoms with Crippen LogP contribution in [0, 0.1) is 0 Å². The lowest BCUT2D eigenvalue weighted by atomic mass is 10.00. The average Bonchev–Trinajstić information content (AvgIpc) is 2.41. The molecule has 1 saturated heterocycles. The summed E-state index contributed by atoms with van der Waals surface area (Å²) in [6.07, 6.45) is 5.39. The van der Waals surface area contributed by atoms with Gasteiger partial charge in [0, 0.05) is 18.3 Å². The Labute approximate surface area is 118 Å². The molecule has 2 nitrogen and oxygen atoms in total. The zero-order valence-corrected chi connectivity index (χ0v) is 12.7. The average molecular weight is 260 g/mol. The highest BCUT2D eigenvalue weighted by Gasteiger charge is 2.17. The maximum absolute atomic E-state index is 3.58. The molecule has 1 atom stereocenters. The summed E-state index contributed by atoms with van der Waals surface area (Å²) in [4.78, 5) is 2.52. The summed E-state index contributed by atoms with van der Waals surface area (Å²) in [6.45, 7) is 6.84. The normalized spacial score (nSPS) is 20.7. The minimum Gasteiger partial charge on any atom is -0.385 e. The lowest BCUT2D eigenvalue weighted by Gasteiger charge is -2.32. The Bertz CT molecular complexity index is 387. The number of anilines is 1. The van der Waals surface area contributed by atoms with E-state index in [1.165, 1.54) is 43.5 Å². The van der Waals surface area contributed by atoms with Crippen molar-refractivity contribution in [3.8, 4) is 0 Å². The van der Waals surface area contributed by atoms with Crippen LogP contribution in [-0.2, 0) is 0 Å². The predicted molar refractivity (Wildman–Crippen MR) is 83.9 cm³/mol. The van der Waals surface area contributed by atoms with Gasteiger partial charge in [-0.25, -0.2) is 0 Å². The van der Waals surface area contributed by atoms with Crippen molar-refractivity contribution in [3.63, 3.8) is 0 Å². The second-order valence-corrected chi connectivity index (χ2v) is 6.13. The predicted octanol–water partition coefficient (Wildman–Crippen LogP) is 4.10. The van der Waals surface area contributed by atoms with Gasteiger partial charge in [0.15, 0.2) is 0 Å². The van der Waals surface area contributed by atoms with Gasteiger partial charge in [0.05, 0.1) is 0 Å². The van der Waals surface area contributed by atoms with E-state index in [1.807, 2.05) is 0 Å². The first-order valence-corrected chi connectivity index (χ1v) is 7.71. The van der Waals surface area contributed by atoms with Crippen LogP contribution < -0.4 is 5.32 Å². The number of piperidine rings is 1. The van der Waals surface area contributed by atoms with Crippen molar-refractivity contribution in [2.24, 2.45) is 0 Å². The Hall–Kier alpha value is -1.02. The van der Waals surface area contributed by atoms with Crippen LogP contribution in [0.25, 0.3) is 0 Å². The fraction of sp³-hybridized carbons (Fsp3) is 0.647. The number of hydrogen-bond acceptors (Lipinski definition) is 2. The Balaban J connectivity index is 1.80. The molecule has 0 aliphatic carbocycles. The largest absolute Gasteiger partial charge is 0.385 e. The summed E-state index contributed by atoms with van der Waals surface area (Å²) in [5, 5.41) is 3.58. The van der Waals surface area contributed by atoms with Crippen molar-refractivity contribution >= 4 is 5.69 Å². The summed E-state index contributed by atoms with van der Waals surface area (Å²) in [6, 6.07) is 9.61. The molecule has 2 heteroatoms. The Morgan fingerprint density at radius 2 is 2.16 bits per heavy atom. The third-order valence-corrected chi connectivity index (χ3v) is 4.28. The van der Waals surface area contributed by atoms with Crippen LogP contribution in [0.15, 0.2) is 24.3 Å². The van der Waals surface area contributed by atoms with Gasteiger partial charge in [0.25, 0.3) is 0 Å². The molecule has 0 aromatic heterocycles. The molecule has 1 aromatic rings. The summed E-state index contributed by atoms with van der Waals surface area (Å²) in [5.41, 5.74) is 2.68. The van der Waals surface area contributed by atoms with Crippen molar-refractivity contribution in [1.82, 2.24) is 4.90 Å². The van der Waals surface area contributed by atoms with Crippen LogP contribution in [0.1, 0.15) is 51.0 Å². The number of nitrogens with zero attached hydrogens (tertiary/aromatic N) is 1. The van der Waals surface area contributed by atoms with E-state index in [4.69, 9.17) is 0 Å². The van der Waals surface area contributed by atoms with Crippen LogP contribution in [-0.4, -0.2) is 31.1 Å². The third-order valence-electron chi connectivity index (χ3n) is 4.28. The smallest absolute Gasteiger partial charge is 0.0343 e. The molecule has 106 valence electrons. The lowest BCUT2D eigenvalue weighted by molar-refractivity contribution is 0.179. The molecular weight excluding hydrogens is 232 g/mol. The fourth-order valence-corrected chi connectivity index (χ4v) is 2.90. The van der Waals surface area contributed by atoms with Crippen molar-refractivity contribution < 1.29 is 0 Å². The molecule has 1 aliphatic heterocycles. The first-order chi connectivity index (χ1) is 9.16. The van der Waals surface area contributed by atoms with Gasteiger partial charge >= 0.3 is 0 Å². The van der Waals surface area contributed by atoms with E-state index in [9.17, 15) is 0 Å². The van der Waals surface area contributed by atoms with Crippen LogP contribution in [0.2, 0.25) is 0 Å². The molecule has 19 heavy (non-hydrogen) atoms. The van der Waals surface area contributed by atoms with E-state index in [0.717, 1.165) is 12.6 Å². The van der Waals surface area contributed by atoms with Crippen molar-refractivity contribution in [2.75, 3.05) is 25.5 Å². The molecule has 1 aromatic carbocycles. The zero-order chi connectivity index (χ0) is 13.7. The van der Waals surface area contributed by atoms with Crippen LogP contribution >= 0.6 is 0 Å².